The summed E-state index contributed by atoms with van der Waals surface area (Å²) < 4.78 is 22.3. The van der Waals surface area contributed by atoms with Gasteiger partial charge in [-0.3, -0.25) is 9.69 Å². The van der Waals surface area contributed by atoms with Gasteiger partial charge in [-0.1, -0.05) is 11.6 Å². The number of halogens is 2. The topological polar surface area (TPSA) is 67.3 Å². The third-order valence-electron chi connectivity index (χ3n) is 2.48. The number of anilines is 1. The molecule has 2 rings (SSSR count). The van der Waals surface area contributed by atoms with Crippen molar-refractivity contribution in [1.29, 1.82) is 0 Å². The lowest BCUT2D eigenvalue weighted by atomic mass is 10.4. The number of hydrogen-bond acceptors (Lipinski definition) is 4. The third-order valence-corrected chi connectivity index (χ3v) is 4.57. The number of amides is 1. The van der Waals surface area contributed by atoms with Crippen LogP contribution in [0.4, 0.5) is 5.82 Å². The van der Waals surface area contributed by atoms with Crippen molar-refractivity contribution in [3.8, 4) is 0 Å². The lowest BCUT2D eigenvalue weighted by Gasteiger charge is -2.14. The largest absolute Gasteiger partial charge is 0.295 e. The Morgan fingerprint density at radius 3 is 2.59 bits per heavy atom. The van der Waals surface area contributed by atoms with Crippen molar-refractivity contribution in [1.82, 2.24) is 4.98 Å². The molecule has 1 atom stereocenters. The van der Waals surface area contributed by atoms with Gasteiger partial charge in [-0.15, -0.1) is 0 Å². The minimum absolute atomic E-state index is 0.0271. The summed E-state index contributed by atoms with van der Waals surface area (Å²) in [5, 5.41) is -0.434. The number of rotatable bonds is 2. The first kappa shape index (κ1) is 12.6. The molecule has 1 aromatic heterocycles. The average Bonchev–Trinajstić information content (AvgIpc) is 2.61. The van der Waals surface area contributed by atoms with Gasteiger partial charge in [0.15, 0.2) is 0 Å². The monoisotopic (exact) mass is 294 g/mol. The maximum absolute atomic E-state index is 11.6. The zero-order valence-electron chi connectivity index (χ0n) is 8.51. The van der Waals surface area contributed by atoms with E-state index in [4.69, 9.17) is 22.3 Å². The molecule has 1 fully saturated rings. The SMILES string of the molecule is O=C1CC(S(=O)(=O)Cl)CN1c1ccc(Cl)cn1. The summed E-state index contributed by atoms with van der Waals surface area (Å²) >= 11 is 5.67. The van der Waals surface area contributed by atoms with Crippen molar-refractivity contribution in [3.05, 3.63) is 23.4 Å². The van der Waals surface area contributed by atoms with E-state index in [1.54, 1.807) is 12.1 Å². The van der Waals surface area contributed by atoms with Crippen LogP contribution in [0.15, 0.2) is 18.3 Å². The lowest BCUT2D eigenvalue weighted by Crippen LogP contribution is -2.27. The van der Waals surface area contributed by atoms with Gasteiger partial charge in [-0.2, -0.15) is 0 Å². The van der Waals surface area contributed by atoms with Gasteiger partial charge in [0.1, 0.15) is 11.1 Å². The standard InChI is InChI=1S/C9H8Cl2N2O3S/c10-6-1-2-8(12-4-6)13-5-7(3-9(13)14)17(11,15)16/h1-2,4,7H,3,5H2. The van der Waals surface area contributed by atoms with Gasteiger partial charge in [0.05, 0.1) is 5.02 Å². The number of hydrogen-bond donors (Lipinski definition) is 0. The van der Waals surface area contributed by atoms with E-state index in [1.807, 2.05) is 0 Å². The predicted octanol–water partition coefficient (Wildman–Crippen LogP) is 1.41. The Hall–Kier alpha value is -0.850. The first-order valence-electron chi connectivity index (χ1n) is 4.73. The maximum Gasteiger partial charge on any atom is 0.237 e. The van der Waals surface area contributed by atoms with E-state index in [0.29, 0.717) is 10.8 Å². The van der Waals surface area contributed by atoms with Gasteiger partial charge in [0.25, 0.3) is 0 Å². The van der Waals surface area contributed by atoms with Crippen LogP contribution in [0.3, 0.4) is 0 Å². The molecule has 2 heterocycles. The molecule has 0 spiro atoms. The van der Waals surface area contributed by atoms with E-state index in [-0.39, 0.29) is 18.9 Å². The summed E-state index contributed by atoms with van der Waals surface area (Å²) in [6.07, 6.45) is 1.28. The second-order valence-electron chi connectivity index (χ2n) is 3.64. The Labute approximate surface area is 108 Å². The molecule has 0 aliphatic carbocycles. The second-order valence-corrected chi connectivity index (χ2v) is 6.99. The number of carbonyl (C=O) groups excluding carboxylic acids is 1. The molecular weight excluding hydrogens is 287 g/mol. The minimum atomic E-state index is -3.73. The van der Waals surface area contributed by atoms with Gasteiger partial charge in [-0.25, -0.2) is 13.4 Å². The van der Waals surface area contributed by atoms with Gasteiger partial charge < -0.3 is 0 Å². The van der Waals surface area contributed by atoms with Crippen molar-refractivity contribution in [2.45, 2.75) is 11.7 Å². The Bertz CT molecular complexity index is 544. The quantitative estimate of drug-likeness (QED) is 0.774. The van der Waals surface area contributed by atoms with Crippen LogP contribution in [0.2, 0.25) is 5.02 Å². The van der Waals surface area contributed by atoms with Crippen LogP contribution < -0.4 is 4.90 Å². The summed E-state index contributed by atoms with van der Waals surface area (Å²) in [4.78, 5) is 16.9. The zero-order chi connectivity index (χ0) is 12.6. The summed E-state index contributed by atoms with van der Waals surface area (Å²) in [6.45, 7) is 0.0271. The van der Waals surface area contributed by atoms with Gasteiger partial charge in [0.2, 0.25) is 15.0 Å². The highest BCUT2D eigenvalue weighted by atomic mass is 35.7. The Kier molecular flexibility index (Phi) is 3.29. The zero-order valence-corrected chi connectivity index (χ0v) is 10.8. The third kappa shape index (κ3) is 2.70. The second kappa shape index (κ2) is 4.44. The molecule has 1 unspecified atom stereocenters. The Balaban J connectivity index is 2.24. The van der Waals surface area contributed by atoms with Crippen LogP contribution >= 0.6 is 22.3 Å². The highest BCUT2D eigenvalue weighted by molar-refractivity contribution is 8.14. The summed E-state index contributed by atoms with van der Waals surface area (Å²) in [5.41, 5.74) is 0. The molecule has 8 heteroatoms. The normalized spacial score (nSPS) is 20.9. The Morgan fingerprint density at radius 1 is 1.41 bits per heavy atom. The fourth-order valence-corrected chi connectivity index (χ4v) is 2.75. The van der Waals surface area contributed by atoms with Crippen molar-refractivity contribution in [2.75, 3.05) is 11.4 Å². The molecule has 1 aliphatic heterocycles. The van der Waals surface area contributed by atoms with E-state index in [2.05, 4.69) is 4.98 Å². The minimum Gasteiger partial charge on any atom is -0.295 e. The maximum atomic E-state index is 11.6. The summed E-state index contributed by atoms with van der Waals surface area (Å²) in [5.74, 6) is 0.0660. The molecule has 5 nitrogen and oxygen atoms in total. The van der Waals surface area contributed by atoms with E-state index in [9.17, 15) is 13.2 Å². The van der Waals surface area contributed by atoms with Crippen LogP contribution in [0.25, 0.3) is 0 Å². The van der Waals surface area contributed by atoms with E-state index < -0.39 is 14.3 Å². The summed E-state index contributed by atoms with van der Waals surface area (Å²) in [6, 6.07) is 3.14. The van der Waals surface area contributed by atoms with Gasteiger partial charge >= 0.3 is 0 Å². The molecule has 1 amide bonds. The first-order valence-corrected chi connectivity index (χ1v) is 7.48. The molecule has 1 saturated heterocycles. The lowest BCUT2D eigenvalue weighted by molar-refractivity contribution is -0.117. The predicted molar refractivity (Wildman–Crippen MR) is 64.8 cm³/mol. The molecule has 0 bridgehead atoms. The highest BCUT2D eigenvalue weighted by Gasteiger charge is 2.38. The van der Waals surface area contributed by atoms with Crippen molar-refractivity contribution in [3.63, 3.8) is 0 Å². The van der Waals surface area contributed by atoms with E-state index >= 15 is 0 Å². The van der Waals surface area contributed by atoms with E-state index in [0.717, 1.165) is 0 Å². The van der Waals surface area contributed by atoms with Crippen LogP contribution in [0.5, 0.6) is 0 Å². The number of nitrogens with zero attached hydrogens (tertiary/aromatic N) is 2. The molecular formula is C9H8Cl2N2O3S. The molecule has 0 saturated carbocycles. The van der Waals surface area contributed by atoms with Gasteiger partial charge in [-0.05, 0) is 12.1 Å². The average molecular weight is 295 g/mol. The fraction of sp³-hybridized carbons (Fsp3) is 0.333. The molecule has 92 valence electrons. The van der Waals surface area contributed by atoms with Crippen molar-refractivity contribution >= 4 is 43.1 Å². The number of aromatic nitrogens is 1. The number of pyridine rings is 1. The summed E-state index contributed by atoms with van der Waals surface area (Å²) in [7, 11) is 1.51. The number of carbonyl (C=O) groups is 1. The molecule has 0 radical (unpaired) electrons. The van der Waals surface area contributed by atoms with Crippen LogP contribution in [0.1, 0.15) is 6.42 Å². The molecule has 1 aromatic rings. The van der Waals surface area contributed by atoms with E-state index in [1.165, 1.54) is 11.1 Å². The fourth-order valence-electron chi connectivity index (χ4n) is 1.61. The van der Waals surface area contributed by atoms with Gasteiger partial charge in [0, 0.05) is 29.8 Å². The molecule has 0 aromatic carbocycles. The molecule has 0 N–H and O–H groups in total. The highest BCUT2D eigenvalue weighted by Crippen LogP contribution is 2.25. The van der Waals surface area contributed by atoms with Crippen molar-refractivity contribution in [2.24, 2.45) is 0 Å². The molecule has 1 aliphatic rings. The van der Waals surface area contributed by atoms with Crippen LogP contribution in [-0.4, -0.2) is 31.1 Å². The van der Waals surface area contributed by atoms with Crippen molar-refractivity contribution < 1.29 is 13.2 Å². The first-order chi connectivity index (χ1) is 7.88. The molecule has 17 heavy (non-hydrogen) atoms. The Morgan fingerprint density at radius 2 is 2.12 bits per heavy atom. The van der Waals surface area contributed by atoms with Crippen LogP contribution in [0, 0.1) is 0 Å². The van der Waals surface area contributed by atoms with Crippen LogP contribution in [-0.2, 0) is 13.8 Å². The smallest absolute Gasteiger partial charge is 0.237 e.